The van der Waals surface area contributed by atoms with Gasteiger partial charge in [-0.05, 0) is 22.9 Å². The summed E-state index contributed by atoms with van der Waals surface area (Å²) in [5, 5.41) is 2.70. The van der Waals surface area contributed by atoms with Gasteiger partial charge in [-0.1, -0.05) is 12.8 Å². The predicted octanol–water partition coefficient (Wildman–Crippen LogP) is 1.41. The maximum absolute atomic E-state index is 10.0. The summed E-state index contributed by atoms with van der Waals surface area (Å²) in [6.07, 6.45) is 1.54. The fraction of sp³-hybridized carbons (Fsp3) is 0.167. The van der Waals surface area contributed by atoms with Crippen molar-refractivity contribution in [2.24, 2.45) is 5.18 Å². The highest BCUT2D eigenvalue weighted by molar-refractivity contribution is 7.78. The van der Waals surface area contributed by atoms with Crippen LogP contribution in [0.5, 0.6) is 0 Å². The van der Waals surface area contributed by atoms with Crippen LogP contribution in [0.1, 0.15) is 5.56 Å². The molecule has 0 atom stereocenters. The Balaban J connectivity index is 2.82. The molecule has 0 bridgehead atoms. The molecule has 0 aromatic carbocycles. The summed E-state index contributed by atoms with van der Waals surface area (Å²) >= 11 is 3.82. The average Bonchev–Trinajstić information content (AvgIpc) is 2.06. The van der Waals surface area contributed by atoms with Gasteiger partial charge in [0.25, 0.3) is 0 Å². The van der Waals surface area contributed by atoms with E-state index in [0.717, 1.165) is 5.56 Å². The summed E-state index contributed by atoms with van der Waals surface area (Å²) in [4.78, 5) is 13.7. The van der Waals surface area contributed by atoms with E-state index in [1.807, 2.05) is 0 Å². The molecule has 1 aromatic rings. The standard InChI is InChI=1S/C6H7N3OS/c10-9-6-3-5(4-8-11)1-2-7-6/h1-3,8,11H,4H2. The monoisotopic (exact) mass is 169 g/mol. The van der Waals surface area contributed by atoms with Crippen molar-refractivity contribution >= 4 is 18.6 Å². The summed E-state index contributed by atoms with van der Waals surface area (Å²) in [6, 6.07) is 3.40. The zero-order chi connectivity index (χ0) is 8.10. The average molecular weight is 169 g/mol. The van der Waals surface area contributed by atoms with Crippen molar-refractivity contribution in [3.05, 3.63) is 28.8 Å². The number of hydrogen-bond acceptors (Lipinski definition) is 5. The van der Waals surface area contributed by atoms with Crippen molar-refractivity contribution in [1.82, 2.24) is 9.71 Å². The maximum Gasteiger partial charge on any atom is 0.196 e. The van der Waals surface area contributed by atoms with Crippen LogP contribution in [0.4, 0.5) is 5.82 Å². The molecule has 1 rings (SSSR count). The molecule has 0 radical (unpaired) electrons. The van der Waals surface area contributed by atoms with Gasteiger partial charge in [-0.2, -0.15) is 0 Å². The van der Waals surface area contributed by atoms with Crippen molar-refractivity contribution in [2.75, 3.05) is 0 Å². The molecule has 1 aromatic heterocycles. The lowest BCUT2D eigenvalue weighted by molar-refractivity contribution is 0.978. The van der Waals surface area contributed by atoms with Crippen LogP contribution in [0.3, 0.4) is 0 Å². The van der Waals surface area contributed by atoms with Crippen molar-refractivity contribution in [2.45, 2.75) is 6.54 Å². The minimum Gasteiger partial charge on any atom is -0.262 e. The van der Waals surface area contributed by atoms with Gasteiger partial charge < -0.3 is 0 Å². The van der Waals surface area contributed by atoms with Gasteiger partial charge in [0.15, 0.2) is 5.82 Å². The van der Waals surface area contributed by atoms with E-state index in [2.05, 4.69) is 27.7 Å². The number of nitroso groups, excluding NO2 is 1. The molecule has 0 aliphatic heterocycles. The van der Waals surface area contributed by atoms with Crippen molar-refractivity contribution in [1.29, 1.82) is 0 Å². The van der Waals surface area contributed by atoms with Crippen molar-refractivity contribution < 1.29 is 0 Å². The Morgan fingerprint density at radius 1 is 1.73 bits per heavy atom. The highest BCUT2D eigenvalue weighted by atomic mass is 32.1. The van der Waals surface area contributed by atoms with E-state index in [4.69, 9.17) is 0 Å². The van der Waals surface area contributed by atoms with Crippen LogP contribution in [0.15, 0.2) is 23.5 Å². The third kappa shape index (κ3) is 2.28. The smallest absolute Gasteiger partial charge is 0.196 e. The van der Waals surface area contributed by atoms with E-state index < -0.39 is 0 Å². The molecule has 1 heterocycles. The number of nitrogens with one attached hydrogen (secondary N) is 1. The van der Waals surface area contributed by atoms with Crippen molar-refractivity contribution in [3.63, 3.8) is 0 Å². The first-order valence-electron chi connectivity index (χ1n) is 3.02. The van der Waals surface area contributed by atoms with Gasteiger partial charge in [-0.15, -0.1) is 4.91 Å². The molecule has 58 valence electrons. The lowest BCUT2D eigenvalue weighted by Gasteiger charge is -1.96. The topological polar surface area (TPSA) is 54.4 Å². The summed E-state index contributed by atoms with van der Waals surface area (Å²) in [5.41, 5.74) is 0.935. The van der Waals surface area contributed by atoms with E-state index in [1.165, 1.54) is 6.20 Å². The molecule has 4 nitrogen and oxygen atoms in total. The molecule has 0 unspecified atom stereocenters. The number of hydrogen-bond donors (Lipinski definition) is 2. The molecule has 0 aliphatic rings. The lowest BCUT2D eigenvalue weighted by atomic mass is 10.3. The molecule has 5 heteroatoms. The quantitative estimate of drug-likeness (QED) is 0.531. The maximum atomic E-state index is 10.0. The summed E-state index contributed by atoms with van der Waals surface area (Å²) in [5.74, 6) is 0.200. The first-order chi connectivity index (χ1) is 5.36. The van der Waals surface area contributed by atoms with Crippen molar-refractivity contribution in [3.8, 4) is 0 Å². The van der Waals surface area contributed by atoms with Gasteiger partial charge in [-0.3, -0.25) is 4.72 Å². The number of thiol groups is 1. The minimum absolute atomic E-state index is 0.200. The third-order valence-corrected chi connectivity index (χ3v) is 1.34. The van der Waals surface area contributed by atoms with Gasteiger partial charge in [0, 0.05) is 12.7 Å². The molecule has 0 saturated carbocycles. The molecule has 0 spiro atoms. The molecule has 1 N–H and O–H groups in total. The molecule has 11 heavy (non-hydrogen) atoms. The van der Waals surface area contributed by atoms with Gasteiger partial charge >= 0.3 is 0 Å². The zero-order valence-corrected chi connectivity index (χ0v) is 6.58. The second-order valence-electron chi connectivity index (χ2n) is 1.95. The Kier molecular flexibility index (Phi) is 3.00. The van der Waals surface area contributed by atoms with Crippen LogP contribution in [0.2, 0.25) is 0 Å². The van der Waals surface area contributed by atoms with E-state index in [-0.39, 0.29) is 5.82 Å². The van der Waals surface area contributed by atoms with Crippen LogP contribution in [-0.2, 0) is 6.54 Å². The normalized spacial score (nSPS) is 9.55. The lowest BCUT2D eigenvalue weighted by Crippen LogP contribution is -1.97. The van der Waals surface area contributed by atoms with Crippen LogP contribution < -0.4 is 4.72 Å². The summed E-state index contributed by atoms with van der Waals surface area (Å²) in [7, 11) is 0. The molecular formula is C6H7N3OS. The van der Waals surface area contributed by atoms with E-state index in [1.54, 1.807) is 12.1 Å². The van der Waals surface area contributed by atoms with Crippen LogP contribution in [0, 0.1) is 4.91 Å². The Labute approximate surface area is 69.6 Å². The Bertz CT molecular complexity index is 253. The zero-order valence-electron chi connectivity index (χ0n) is 5.69. The number of aromatic nitrogens is 1. The van der Waals surface area contributed by atoms with Gasteiger partial charge in [-0.25, -0.2) is 4.98 Å². The van der Waals surface area contributed by atoms with E-state index in [9.17, 15) is 4.91 Å². The van der Waals surface area contributed by atoms with Gasteiger partial charge in [0.05, 0.1) is 0 Å². The minimum atomic E-state index is 0.200. The second-order valence-corrected chi connectivity index (χ2v) is 2.26. The van der Waals surface area contributed by atoms with Gasteiger partial charge in [0.2, 0.25) is 0 Å². The largest absolute Gasteiger partial charge is 0.262 e. The number of rotatable bonds is 3. The van der Waals surface area contributed by atoms with Crippen LogP contribution in [-0.4, -0.2) is 4.98 Å². The molecule has 0 fully saturated rings. The SMILES string of the molecule is O=Nc1cc(CNS)ccn1. The number of pyridine rings is 1. The Morgan fingerprint density at radius 2 is 2.55 bits per heavy atom. The van der Waals surface area contributed by atoms with Crippen LogP contribution in [0.25, 0.3) is 0 Å². The molecular weight excluding hydrogens is 162 g/mol. The second kappa shape index (κ2) is 4.05. The summed E-state index contributed by atoms with van der Waals surface area (Å²) in [6.45, 7) is 0.591. The molecule has 0 saturated heterocycles. The third-order valence-electron chi connectivity index (χ3n) is 1.19. The predicted molar refractivity (Wildman–Crippen MR) is 45.5 cm³/mol. The Hall–Kier alpha value is -0.940. The Morgan fingerprint density at radius 3 is 3.18 bits per heavy atom. The molecule has 0 amide bonds. The van der Waals surface area contributed by atoms with E-state index >= 15 is 0 Å². The molecule has 0 aliphatic carbocycles. The number of nitrogens with zero attached hydrogens (tertiary/aromatic N) is 2. The van der Waals surface area contributed by atoms with E-state index in [0.29, 0.717) is 6.54 Å². The fourth-order valence-electron chi connectivity index (χ4n) is 0.712. The first kappa shape index (κ1) is 8.16. The first-order valence-corrected chi connectivity index (χ1v) is 3.47. The summed E-state index contributed by atoms with van der Waals surface area (Å²) < 4.78 is 2.66. The fourth-order valence-corrected chi connectivity index (χ4v) is 0.894. The highest BCUT2D eigenvalue weighted by Crippen LogP contribution is 2.08. The van der Waals surface area contributed by atoms with Crippen LogP contribution >= 0.6 is 12.8 Å². The van der Waals surface area contributed by atoms with Gasteiger partial charge in [0.1, 0.15) is 0 Å². The highest BCUT2D eigenvalue weighted by Gasteiger charge is 1.94.